The van der Waals surface area contributed by atoms with Crippen LogP contribution in [0.1, 0.15) is 29.1 Å². The maximum atomic E-state index is 12.1. The Morgan fingerprint density at radius 1 is 1.53 bits per heavy atom. The number of benzene rings is 1. The average Bonchev–Trinajstić information content (AvgIpc) is 2.28. The van der Waals surface area contributed by atoms with E-state index in [4.69, 9.17) is 5.11 Å². The number of halogens is 1. The summed E-state index contributed by atoms with van der Waals surface area (Å²) in [7, 11) is 0. The molecule has 0 fully saturated rings. The largest absolute Gasteiger partial charge is 1.00 e. The first-order valence-corrected chi connectivity index (χ1v) is 7.47. The number of carbonyl (C=O) groups excluding carboxylic acids is 1. The van der Waals surface area contributed by atoms with Crippen molar-refractivity contribution in [2.45, 2.75) is 13.0 Å². The van der Waals surface area contributed by atoms with Gasteiger partial charge in [-0.3, -0.25) is 4.79 Å². The predicted octanol–water partition coefficient (Wildman–Crippen LogP) is -0.255. The molecule has 2 N–H and O–H groups in total. The summed E-state index contributed by atoms with van der Waals surface area (Å²) in [6, 6.07) is 4.65. The molecule has 0 aliphatic heterocycles. The Morgan fingerprint density at radius 3 is 2.68 bits per heavy atom. The third-order valence-corrected chi connectivity index (χ3v) is 3.76. The van der Waals surface area contributed by atoms with Crippen molar-refractivity contribution in [3.8, 4) is 0 Å². The maximum Gasteiger partial charge on any atom is 1.00 e. The van der Waals surface area contributed by atoms with Crippen molar-refractivity contribution >= 4 is 39.6 Å². The molecular weight excluding hydrogens is 325 g/mol. The molecular formula is C12H15BrLiNO3S. The number of carboxylic acids is 1. The number of carbonyl (C=O) groups is 2. The first-order chi connectivity index (χ1) is 8.47. The first-order valence-electron chi connectivity index (χ1n) is 5.29. The molecule has 1 rings (SSSR count). The Kier molecular flexibility index (Phi) is 8.51. The summed E-state index contributed by atoms with van der Waals surface area (Å²) >= 11 is 4.83. The molecule has 1 atom stereocenters. The van der Waals surface area contributed by atoms with E-state index in [2.05, 4.69) is 21.2 Å². The van der Waals surface area contributed by atoms with Gasteiger partial charge in [0.2, 0.25) is 0 Å². The molecule has 0 spiro atoms. The van der Waals surface area contributed by atoms with Crippen LogP contribution in [0.3, 0.4) is 0 Å². The van der Waals surface area contributed by atoms with E-state index in [1.807, 2.05) is 13.2 Å². The van der Waals surface area contributed by atoms with Crippen LogP contribution < -0.4 is 24.2 Å². The van der Waals surface area contributed by atoms with Gasteiger partial charge in [-0.15, -0.1) is 0 Å². The fraction of sp³-hybridized carbons (Fsp3) is 0.333. The van der Waals surface area contributed by atoms with Gasteiger partial charge in [0.05, 0.1) is 11.1 Å². The SMILES string of the molecule is CSC[C@H](C)NC(=O)c1c(Br)cccc1C(=O)O.[H-].[Li+]. The van der Waals surface area contributed by atoms with E-state index in [1.165, 1.54) is 6.07 Å². The van der Waals surface area contributed by atoms with Crippen molar-refractivity contribution in [2.24, 2.45) is 0 Å². The minimum absolute atomic E-state index is 0. The molecule has 1 aromatic rings. The second-order valence-electron chi connectivity index (χ2n) is 3.80. The molecule has 0 aromatic heterocycles. The number of carboxylic acid groups (broad SMARTS) is 1. The van der Waals surface area contributed by atoms with Gasteiger partial charge in [-0.1, -0.05) is 6.07 Å². The molecule has 7 heteroatoms. The molecule has 100 valence electrons. The molecule has 0 heterocycles. The fourth-order valence-electron chi connectivity index (χ4n) is 1.52. The number of amides is 1. The molecule has 0 saturated carbocycles. The van der Waals surface area contributed by atoms with Gasteiger partial charge in [0.1, 0.15) is 0 Å². The zero-order valence-electron chi connectivity index (χ0n) is 12.1. The quantitative estimate of drug-likeness (QED) is 0.726. The van der Waals surface area contributed by atoms with Gasteiger partial charge in [0, 0.05) is 16.3 Å². The second-order valence-corrected chi connectivity index (χ2v) is 5.56. The number of aromatic carboxylic acids is 1. The molecule has 0 bridgehead atoms. The van der Waals surface area contributed by atoms with Crippen LogP contribution in [0, 0.1) is 0 Å². The predicted molar refractivity (Wildman–Crippen MR) is 77.5 cm³/mol. The topological polar surface area (TPSA) is 66.4 Å². The van der Waals surface area contributed by atoms with Crippen molar-refractivity contribution in [1.29, 1.82) is 0 Å². The summed E-state index contributed by atoms with van der Waals surface area (Å²) in [5.74, 6) is -0.709. The van der Waals surface area contributed by atoms with Crippen LogP contribution in [0.2, 0.25) is 0 Å². The van der Waals surface area contributed by atoms with Gasteiger partial charge in [-0.2, -0.15) is 11.8 Å². The summed E-state index contributed by atoms with van der Waals surface area (Å²) < 4.78 is 0.483. The number of hydrogen-bond donors (Lipinski definition) is 2. The Labute approximate surface area is 138 Å². The van der Waals surface area contributed by atoms with Crippen molar-refractivity contribution in [1.82, 2.24) is 5.32 Å². The zero-order valence-corrected chi connectivity index (χ0v) is 13.5. The number of nitrogens with one attached hydrogen (secondary N) is 1. The van der Waals surface area contributed by atoms with E-state index in [1.54, 1.807) is 23.9 Å². The number of rotatable bonds is 5. The average molecular weight is 340 g/mol. The second kappa shape index (κ2) is 8.70. The summed E-state index contributed by atoms with van der Waals surface area (Å²) in [4.78, 5) is 23.1. The summed E-state index contributed by atoms with van der Waals surface area (Å²) in [5.41, 5.74) is 0.163. The normalized spacial score (nSPS) is 11.3. The van der Waals surface area contributed by atoms with Gasteiger partial charge < -0.3 is 11.8 Å². The van der Waals surface area contributed by atoms with Crippen LogP contribution in [-0.4, -0.2) is 35.0 Å². The molecule has 4 nitrogen and oxygen atoms in total. The minimum Gasteiger partial charge on any atom is -1.00 e. The Morgan fingerprint density at radius 2 is 2.16 bits per heavy atom. The van der Waals surface area contributed by atoms with Gasteiger partial charge in [0.15, 0.2) is 0 Å². The third-order valence-electron chi connectivity index (χ3n) is 2.27. The van der Waals surface area contributed by atoms with Crippen molar-refractivity contribution in [3.05, 3.63) is 33.8 Å². The van der Waals surface area contributed by atoms with E-state index >= 15 is 0 Å². The van der Waals surface area contributed by atoms with Crippen molar-refractivity contribution in [3.63, 3.8) is 0 Å². The summed E-state index contributed by atoms with van der Waals surface area (Å²) in [6.45, 7) is 1.88. The molecule has 0 saturated heterocycles. The summed E-state index contributed by atoms with van der Waals surface area (Å²) in [5, 5.41) is 11.9. The van der Waals surface area contributed by atoms with Crippen molar-refractivity contribution in [2.75, 3.05) is 12.0 Å². The zero-order chi connectivity index (χ0) is 13.7. The Hall–Kier alpha value is -0.413. The van der Waals surface area contributed by atoms with Crippen LogP contribution in [0.4, 0.5) is 0 Å². The molecule has 0 aliphatic carbocycles. The molecule has 0 aliphatic rings. The van der Waals surface area contributed by atoms with Crippen LogP contribution in [0.15, 0.2) is 22.7 Å². The number of hydrogen-bond acceptors (Lipinski definition) is 3. The maximum absolute atomic E-state index is 12.1. The van der Waals surface area contributed by atoms with E-state index in [0.29, 0.717) is 4.47 Å². The third kappa shape index (κ3) is 5.23. The Balaban J connectivity index is 0. The molecule has 0 radical (unpaired) electrons. The van der Waals surface area contributed by atoms with Gasteiger partial charge in [-0.25, -0.2) is 4.79 Å². The Bertz CT molecular complexity index is 476. The van der Waals surface area contributed by atoms with E-state index in [-0.39, 0.29) is 43.4 Å². The van der Waals surface area contributed by atoms with E-state index in [9.17, 15) is 9.59 Å². The van der Waals surface area contributed by atoms with Crippen LogP contribution >= 0.6 is 27.7 Å². The van der Waals surface area contributed by atoms with Gasteiger partial charge in [0.25, 0.3) is 5.91 Å². The fourth-order valence-corrected chi connectivity index (χ4v) is 2.65. The van der Waals surface area contributed by atoms with Crippen LogP contribution in [0.5, 0.6) is 0 Å². The number of thioether (sulfide) groups is 1. The molecule has 1 amide bonds. The van der Waals surface area contributed by atoms with E-state index in [0.717, 1.165) is 5.75 Å². The smallest absolute Gasteiger partial charge is 1.00 e. The van der Waals surface area contributed by atoms with E-state index < -0.39 is 5.97 Å². The molecule has 0 unspecified atom stereocenters. The van der Waals surface area contributed by atoms with Crippen LogP contribution in [0.25, 0.3) is 0 Å². The van der Waals surface area contributed by atoms with Gasteiger partial charge in [-0.05, 0) is 41.2 Å². The van der Waals surface area contributed by atoms with Crippen molar-refractivity contribution < 1.29 is 35.0 Å². The standard InChI is InChI=1S/C12H14BrNO3S.Li.H/c1-7(6-18-2)14-11(15)10-8(12(16)17)4-3-5-9(10)13;;/h3-5,7H,6H2,1-2H3,(H,14,15)(H,16,17);;/q;+1;-1/t7-;;/m0../s1. The molecule has 1 aromatic carbocycles. The molecule has 19 heavy (non-hydrogen) atoms. The minimum atomic E-state index is -1.11. The van der Waals surface area contributed by atoms with Crippen LogP contribution in [-0.2, 0) is 0 Å². The first kappa shape index (κ1) is 18.6. The summed E-state index contributed by atoms with van der Waals surface area (Å²) in [6.07, 6.45) is 1.95. The monoisotopic (exact) mass is 339 g/mol. The van der Waals surface area contributed by atoms with Gasteiger partial charge >= 0.3 is 24.8 Å².